The Bertz CT molecular complexity index is 44.2. The van der Waals surface area contributed by atoms with Crippen LogP contribution in [-0.2, 0) is 4.43 Å². The van der Waals surface area contributed by atoms with Crippen LogP contribution in [-0.4, -0.2) is 16.0 Å². The Morgan fingerprint density at radius 3 is 1.71 bits per heavy atom. The van der Waals surface area contributed by atoms with Crippen LogP contribution >= 0.6 is 12.2 Å². The number of hydrogen-bond donors (Lipinski definition) is 0. The largest absolute Gasteiger partial charge is 0.551 e. The molecule has 1 aliphatic carbocycles. The lowest BCUT2D eigenvalue weighted by Crippen LogP contribution is -1.68. The summed E-state index contributed by atoms with van der Waals surface area (Å²) in [4.78, 5) is 0. The van der Waals surface area contributed by atoms with Crippen LogP contribution in [0.1, 0.15) is 19.3 Å². The minimum atomic E-state index is 0.730. The van der Waals surface area contributed by atoms with Gasteiger partial charge in [-0.05, 0) is 12.2 Å². The average Bonchev–Trinajstić information content (AvgIpc) is 2.47. The molecule has 0 aromatic heterocycles. The summed E-state index contributed by atoms with van der Waals surface area (Å²) < 4.78 is 4.37. The van der Waals surface area contributed by atoms with E-state index in [0.29, 0.717) is 0 Å². The monoisotopic (exact) mass is 134 g/mol. The van der Waals surface area contributed by atoms with Crippen molar-refractivity contribution in [1.29, 1.82) is 0 Å². The van der Waals surface area contributed by atoms with Crippen LogP contribution < -0.4 is 0 Å². The summed E-state index contributed by atoms with van der Waals surface area (Å²) >= 11 is 4.24. The van der Waals surface area contributed by atoms with Gasteiger partial charge in [0.25, 0.3) is 0 Å². The lowest BCUT2D eigenvalue weighted by Gasteiger charge is -1.72. The van der Waals surface area contributed by atoms with Gasteiger partial charge < -0.3 is 4.43 Å². The van der Waals surface area contributed by atoms with Gasteiger partial charge in [-0.2, -0.15) is 0 Å². The third kappa shape index (κ3) is 23.2. The molecule has 0 unspecified atom stereocenters. The summed E-state index contributed by atoms with van der Waals surface area (Å²) in [5, 5.41) is 0. The lowest BCUT2D eigenvalue weighted by molar-refractivity contribution is 0.655. The molecule has 0 heterocycles. The maximum atomic E-state index is 4.37. The van der Waals surface area contributed by atoms with Gasteiger partial charge in [0.1, 0.15) is 5.55 Å². The standard InChI is InChI=1S/C3H6.CH4OSSi/c1-2-3-1;3-1-2-4/h1-3H2;1H,4H3. The first-order chi connectivity index (χ1) is 3.41. The first-order valence-corrected chi connectivity index (χ1v) is 3.67. The van der Waals surface area contributed by atoms with Gasteiger partial charge in [0.05, 0.1) is 0 Å². The number of thiocarbonyl (C=S) groups is 1. The third-order valence-corrected chi connectivity index (χ3v) is 1.22. The average molecular weight is 134 g/mol. The van der Waals surface area contributed by atoms with Gasteiger partial charge in [0.15, 0.2) is 0 Å². The van der Waals surface area contributed by atoms with Gasteiger partial charge in [-0.1, -0.05) is 19.3 Å². The highest BCUT2D eigenvalue weighted by molar-refractivity contribution is 7.78. The second kappa shape index (κ2) is 6.11. The molecule has 0 atom stereocenters. The van der Waals surface area contributed by atoms with Crippen molar-refractivity contribution in [1.82, 2.24) is 0 Å². The fourth-order valence-corrected chi connectivity index (χ4v) is 0. The Balaban J connectivity index is 0.000000105. The molecular formula is C4H10OSSi. The molecule has 3 heteroatoms. The molecular weight excluding hydrogens is 124 g/mol. The van der Waals surface area contributed by atoms with Crippen molar-refractivity contribution in [2.45, 2.75) is 19.3 Å². The predicted molar refractivity (Wildman–Crippen MR) is 38.5 cm³/mol. The quantitative estimate of drug-likeness (QED) is 0.379. The Labute approximate surface area is 52.6 Å². The maximum absolute atomic E-state index is 4.37. The van der Waals surface area contributed by atoms with Crippen LogP contribution in [0.5, 0.6) is 0 Å². The van der Waals surface area contributed by atoms with Crippen LogP contribution in [0.2, 0.25) is 0 Å². The Morgan fingerprint density at radius 2 is 1.71 bits per heavy atom. The van der Waals surface area contributed by atoms with E-state index >= 15 is 0 Å². The van der Waals surface area contributed by atoms with Gasteiger partial charge in [0, 0.05) is 0 Å². The van der Waals surface area contributed by atoms with Crippen LogP contribution in [0.3, 0.4) is 0 Å². The van der Waals surface area contributed by atoms with Crippen LogP contribution in [0.15, 0.2) is 0 Å². The normalized spacial score (nSPS) is 13.7. The van der Waals surface area contributed by atoms with Crippen LogP contribution in [0.4, 0.5) is 0 Å². The predicted octanol–water partition coefficient (Wildman–Crippen LogP) is 0.411. The van der Waals surface area contributed by atoms with Gasteiger partial charge >= 0.3 is 0 Å². The topological polar surface area (TPSA) is 9.23 Å². The maximum Gasteiger partial charge on any atom is 0.204 e. The van der Waals surface area contributed by atoms with Crippen molar-refractivity contribution in [3.05, 3.63) is 0 Å². The SMILES string of the molecule is C1CC1.[SiH3]OC=S. The molecule has 0 bridgehead atoms. The highest BCUT2D eigenvalue weighted by Gasteiger charge is 1.95. The second-order valence-corrected chi connectivity index (χ2v) is 2.06. The first kappa shape index (κ1) is 7.11. The van der Waals surface area contributed by atoms with Crippen molar-refractivity contribution >= 4 is 28.3 Å². The fraction of sp³-hybridized carbons (Fsp3) is 0.750. The summed E-state index contributed by atoms with van der Waals surface area (Å²) in [6.45, 7) is 0. The van der Waals surface area contributed by atoms with E-state index in [9.17, 15) is 0 Å². The van der Waals surface area contributed by atoms with Crippen molar-refractivity contribution in [2.75, 3.05) is 0 Å². The van der Waals surface area contributed by atoms with E-state index in [0.717, 1.165) is 10.5 Å². The molecule has 0 aromatic carbocycles. The van der Waals surface area contributed by atoms with Gasteiger partial charge in [-0.25, -0.2) is 0 Å². The zero-order valence-electron chi connectivity index (χ0n) is 4.52. The van der Waals surface area contributed by atoms with Gasteiger partial charge in [-0.15, -0.1) is 0 Å². The van der Waals surface area contributed by atoms with Crippen molar-refractivity contribution in [3.8, 4) is 0 Å². The number of hydrogen-bond acceptors (Lipinski definition) is 2. The highest BCUT2D eigenvalue weighted by Crippen LogP contribution is 2.14. The molecule has 0 saturated heterocycles. The van der Waals surface area contributed by atoms with Gasteiger partial charge in [0.2, 0.25) is 10.5 Å². The van der Waals surface area contributed by atoms with Gasteiger partial charge in [-0.3, -0.25) is 0 Å². The summed E-state index contributed by atoms with van der Waals surface area (Å²) in [6.07, 6.45) is 4.50. The molecule has 0 N–H and O–H groups in total. The third-order valence-electron chi connectivity index (χ3n) is 0.450. The van der Waals surface area contributed by atoms with Crippen molar-refractivity contribution < 1.29 is 4.43 Å². The van der Waals surface area contributed by atoms with Crippen molar-refractivity contribution in [2.24, 2.45) is 0 Å². The number of rotatable bonds is 1. The molecule has 0 aromatic rings. The van der Waals surface area contributed by atoms with Crippen LogP contribution in [0.25, 0.3) is 0 Å². The molecule has 0 aliphatic heterocycles. The molecule has 1 rings (SSSR count). The zero-order chi connectivity index (χ0) is 5.54. The van der Waals surface area contributed by atoms with E-state index in [1.54, 1.807) is 0 Å². The van der Waals surface area contributed by atoms with E-state index in [-0.39, 0.29) is 0 Å². The molecule has 0 amide bonds. The van der Waals surface area contributed by atoms with E-state index in [1.807, 2.05) is 0 Å². The lowest BCUT2D eigenvalue weighted by atomic mass is 11.0. The minimum absolute atomic E-state index is 0.730. The first-order valence-electron chi connectivity index (χ1n) is 2.38. The molecule has 0 spiro atoms. The molecule has 1 aliphatic rings. The fourth-order valence-electron chi connectivity index (χ4n) is 0. The molecule has 0 radical (unpaired) electrons. The molecule has 42 valence electrons. The smallest absolute Gasteiger partial charge is 0.204 e. The highest BCUT2D eigenvalue weighted by atomic mass is 32.1. The summed E-state index contributed by atoms with van der Waals surface area (Å²) in [5.41, 5.74) is 1.27. The Kier molecular flexibility index (Phi) is 6.20. The Hall–Kier alpha value is 0.107. The zero-order valence-corrected chi connectivity index (χ0v) is 7.33. The van der Waals surface area contributed by atoms with E-state index in [2.05, 4.69) is 16.6 Å². The second-order valence-electron chi connectivity index (χ2n) is 1.39. The summed E-state index contributed by atoms with van der Waals surface area (Å²) in [5.74, 6) is 0. The molecule has 1 fully saturated rings. The van der Waals surface area contributed by atoms with E-state index < -0.39 is 0 Å². The molecule has 7 heavy (non-hydrogen) atoms. The van der Waals surface area contributed by atoms with E-state index in [1.165, 1.54) is 24.8 Å². The van der Waals surface area contributed by atoms with Crippen LogP contribution in [0, 0.1) is 0 Å². The Morgan fingerprint density at radius 1 is 1.43 bits per heavy atom. The summed E-state index contributed by atoms with van der Waals surface area (Å²) in [7, 11) is 0.730. The van der Waals surface area contributed by atoms with E-state index in [4.69, 9.17) is 0 Å². The minimum Gasteiger partial charge on any atom is -0.551 e. The van der Waals surface area contributed by atoms with Crippen molar-refractivity contribution in [3.63, 3.8) is 0 Å². The molecule has 1 nitrogen and oxygen atoms in total. The molecule has 1 saturated carbocycles. The summed E-state index contributed by atoms with van der Waals surface area (Å²) in [6, 6.07) is 0.